The van der Waals surface area contributed by atoms with Crippen LogP contribution in [0.3, 0.4) is 0 Å². The number of rotatable bonds is 4. The van der Waals surface area contributed by atoms with Gasteiger partial charge in [-0.2, -0.15) is 0 Å². The molecule has 0 bridgehead atoms. The van der Waals surface area contributed by atoms with Crippen LogP contribution in [-0.2, 0) is 0 Å². The van der Waals surface area contributed by atoms with Crippen LogP contribution in [0.5, 0.6) is 0 Å². The molecule has 0 spiro atoms. The zero-order valence-electron chi connectivity index (χ0n) is 7.21. The van der Waals surface area contributed by atoms with Gasteiger partial charge in [-0.1, -0.05) is 26.3 Å². The zero-order chi connectivity index (χ0) is 9.68. The number of hydrogen-bond acceptors (Lipinski definition) is 3. The molecule has 0 amide bonds. The van der Waals surface area contributed by atoms with Crippen LogP contribution in [0, 0.1) is 5.82 Å². The lowest BCUT2D eigenvalue weighted by Gasteiger charge is -2.03. The van der Waals surface area contributed by atoms with E-state index in [1.165, 1.54) is 24.1 Å². The van der Waals surface area contributed by atoms with Gasteiger partial charge in [0.1, 0.15) is 5.82 Å². The zero-order valence-corrected chi connectivity index (χ0v) is 8.03. The Bertz CT molecular complexity index is 304. The fourth-order valence-electron chi connectivity index (χ4n) is 0.853. The molecule has 0 saturated carbocycles. The van der Waals surface area contributed by atoms with Gasteiger partial charge in [-0.3, -0.25) is 4.79 Å². The van der Waals surface area contributed by atoms with Gasteiger partial charge in [-0.05, 0) is 18.2 Å². The average Bonchev–Trinajstić information content (AvgIpc) is 2.16. The van der Waals surface area contributed by atoms with Crippen LogP contribution < -0.4 is 4.72 Å². The third-order valence-electron chi connectivity index (χ3n) is 1.46. The summed E-state index contributed by atoms with van der Waals surface area (Å²) in [6.45, 7) is 2.00. The van der Waals surface area contributed by atoms with Gasteiger partial charge >= 0.3 is 0 Å². The molecule has 1 aromatic rings. The Morgan fingerprint density at radius 3 is 2.86 bits per heavy atom. The first-order valence-electron chi connectivity index (χ1n) is 3.90. The lowest BCUT2D eigenvalue weighted by Crippen LogP contribution is -1.92. The largest absolute Gasteiger partial charge is 0.330 e. The van der Waals surface area contributed by atoms with E-state index in [0.29, 0.717) is 6.29 Å². The topological polar surface area (TPSA) is 29.1 Å². The van der Waals surface area contributed by atoms with Crippen molar-refractivity contribution in [3.63, 3.8) is 0 Å². The van der Waals surface area contributed by atoms with Crippen LogP contribution in [0.15, 0.2) is 18.2 Å². The Balaban J connectivity index is 0.00000169. The second-order valence-corrected chi connectivity index (χ2v) is 3.46. The smallest absolute Gasteiger partial charge is 0.153 e. The highest BCUT2D eigenvalue weighted by Gasteiger charge is 2.01. The molecule has 1 N–H and O–H groups in total. The van der Waals surface area contributed by atoms with Crippen molar-refractivity contribution in [1.82, 2.24) is 0 Å². The molecule has 0 saturated heterocycles. The molecule has 0 unspecified atom stereocenters. The Hall–Kier alpha value is -1.03. The molecule has 78 valence electrons. The van der Waals surface area contributed by atoms with Crippen LogP contribution in [0.1, 0.15) is 24.7 Å². The molecule has 0 fully saturated rings. The molecule has 2 nitrogen and oxygen atoms in total. The van der Waals surface area contributed by atoms with E-state index in [4.69, 9.17) is 0 Å². The summed E-state index contributed by atoms with van der Waals surface area (Å²) >= 11 is 1.50. The quantitative estimate of drug-likeness (QED) is 0.617. The highest BCUT2D eigenvalue weighted by molar-refractivity contribution is 8.00. The fourth-order valence-corrected chi connectivity index (χ4v) is 1.29. The first kappa shape index (κ1) is 13.0. The van der Waals surface area contributed by atoms with Gasteiger partial charge in [-0.15, -0.1) is 0 Å². The molecular formula is C10H14FNOS. The lowest BCUT2D eigenvalue weighted by molar-refractivity contribution is 0.112. The van der Waals surface area contributed by atoms with Gasteiger partial charge in [0.25, 0.3) is 0 Å². The molecule has 0 aliphatic carbocycles. The summed E-state index contributed by atoms with van der Waals surface area (Å²) in [7, 11) is 0. The van der Waals surface area contributed by atoms with Gasteiger partial charge < -0.3 is 4.72 Å². The van der Waals surface area contributed by atoms with Crippen molar-refractivity contribution in [3.05, 3.63) is 29.6 Å². The summed E-state index contributed by atoms with van der Waals surface area (Å²) in [5, 5.41) is 0. The Morgan fingerprint density at radius 1 is 1.57 bits per heavy atom. The number of benzene rings is 1. The van der Waals surface area contributed by atoms with Gasteiger partial charge in [0.05, 0.1) is 5.56 Å². The highest BCUT2D eigenvalue weighted by Crippen LogP contribution is 2.16. The van der Waals surface area contributed by atoms with E-state index in [-0.39, 0.29) is 13.0 Å². The molecule has 0 atom stereocenters. The minimum Gasteiger partial charge on any atom is -0.330 e. The minimum atomic E-state index is -0.484. The molecule has 1 rings (SSSR count). The molecule has 0 heterocycles. The van der Waals surface area contributed by atoms with E-state index in [1.807, 2.05) is 6.92 Å². The lowest BCUT2D eigenvalue weighted by atomic mass is 10.2. The van der Waals surface area contributed by atoms with Crippen LogP contribution in [0.2, 0.25) is 0 Å². The maximum absolute atomic E-state index is 12.8. The third kappa shape index (κ3) is 3.38. The number of carbonyl (C=O) groups excluding carboxylic acids is 1. The predicted molar refractivity (Wildman–Crippen MR) is 60.3 cm³/mol. The molecular weight excluding hydrogens is 201 g/mol. The van der Waals surface area contributed by atoms with E-state index in [2.05, 4.69) is 4.72 Å². The van der Waals surface area contributed by atoms with Crippen molar-refractivity contribution in [2.24, 2.45) is 0 Å². The number of nitrogens with one attached hydrogen (secondary N) is 1. The average molecular weight is 215 g/mol. The van der Waals surface area contributed by atoms with E-state index >= 15 is 0 Å². The molecule has 14 heavy (non-hydrogen) atoms. The van der Waals surface area contributed by atoms with E-state index < -0.39 is 5.82 Å². The number of aldehydes is 1. The minimum absolute atomic E-state index is 0. The summed E-state index contributed by atoms with van der Waals surface area (Å²) in [6, 6.07) is 4.37. The van der Waals surface area contributed by atoms with Crippen LogP contribution in [0.25, 0.3) is 0 Å². The first-order chi connectivity index (χ1) is 6.27. The van der Waals surface area contributed by atoms with Crippen molar-refractivity contribution in [3.8, 4) is 0 Å². The number of carbonyl (C=O) groups is 1. The molecule has 4 heteroatoms. The molecule has 0 radical (unpaired) electrons. The highest BCUT2D eigenvalue weighted by atomic mass is 32.2. The van der Waals surface area contributed by atoms with Crippen LogP contribution in [0.4, 0.5) is 10.1 Å². The summed E-state index contributed by atoms with van der Waals surface area (Å²) < 4.78 is 15.8. The van der Waals surface area contributed by atoms with Crippen molar-refractivity contribution in [2.75, 3.05) is 10.5 Å². The van der Waals surface area contributed by atoms with Crippen LogP contribution >= 0.6 is 11.9 Å². The summed E-state index contributed by atoms with van der Waals surface area (Å²) in [4.78, 5) is 10.4. The van der Waals surface area contributed by atoms with E-state index in [9.17, 15) is 9.18 Å². The van der Waals surface area contributed by atoms with Gasteiger partial charge in [0.2, 0.25) is 0 Å². The van der Waals surface area contributed by atoms with Gasteiger partial charge in [-0.25, -0.2) is 4.39 Å². The van der Waals surface area contributed by atoms with Crippen molar-refractivity contribution in [2.45, 2.75) is 14.4 Å². The maximum atomic E-state index is 12.8. The number of anilines is 1. The van der Waals surface area contributed by atoms with E-state index in [0.717, 1.165) is 11.4 Å². The third-order valence-corrected chi connectivity index (χ3v) is 2.13. The molecule has 0 aliphatic rings. The second kappa shape index (κ2) is 6.43. The summed E-state index contributed by atoms with van der Waals surface area (Å²) in [6.07, 6.45) is 0.511. The normalized spacial score (nSPS) is 9.00. The fraction of sp³-hybridized carbons (Fsp3) is 0.300. The van der Waals surface area contributed by atoms with Gasteiger partial charge in [0.15, 0.2) is 6.29 Å². The van der Waals surface area contributed by atoms with Crippen molar-refractivity contribution in [1.29, 1.82) is 0 Å². The Labute approximate surface area is 88.0 Å². The van der Waals surface area contributed by atoms with Crippen molar-refractivity contribution < 1.29 is 9.18 Å². The molecule has 0 aliphatic heterocycles. The Kier molecular flexibility index (Phi) is 5.95. The number of hydrogen-bond donors (Lipinski definition) is 1. The SMILES string of the molecule is C.CCSNc1ccc(F)c(C=O)c1. The molecule has 1 aromatic carbocycles. The van der Waals surface area contributed by atoms with Crippen molar-refractivity contribution >= 4 is 23.9 Å². The monoisotopic (exact) mass is 215 g/mol. The van der Waals surface area contributed by atoms with Gasteiger partial charge in [0, 0.05) is 11.4 Å². The van der Waals surface area contributed by atoms with E-state index in [1.54, 1.807) is 6.07 Å². The maximum Gasteiger partial charge on any atom is 0.153 e. The molecule has 0 aromatic heterocycles. The summed E-state index contributed by atoms with van der Waals surface area (Å²) in [5.41, 5.74) is 0.831. The first-order valence-corrected chi connectivity index (χ1v) is 4.89. The standard InChI is InChI=1S/C9H10FNOS.CH4/c1-2-13-11-8-3-4-9(10)7(5-8)6-12;/h3-6,11H,2H2,1H3;1H4. The predicted octanol–water partition coefficient (Wildman–Crippen LogP) is 3.35. The number of halogens is 1. The summed E-state index contributed by atoms with van der Waals surface area (Å²) in [5.74, 6) is 0.426. The van der Waals surface area contributed by atoms with Crippen LogP contribution in [-0.4, -0.2) is 12.0 Å². The second-order valence-electron chi connectivity index (χ2n) is 2.39. The Morgan fingerprint density at radius 2 is 2.29 bits per heavy atom.